The van der Waals surface area contributed by atoms with Gasteiger partial charge >= 0.3 is 12.1 Å². The average Bonchev–Trinajstić information content (AvgIpc) is 2.81. The molecule has 0 aliphatic carbocycles. The Morgan fingerprint density at radius 2 is 1.61 bits per heavy atom. The molecule has 2 rings (SSSR count). The summed E-state index contributed by atoms with van der Waals surface area (Å²) in [6.45, 7) is 4.85. The molecular weight excluding hydrogens is 466 g/mol. The third-order valence-electron chi connectivity index (χ3n) is 5.48. The molecule has 0 heterocycles. The molecule has 0 bridgehead atoms. The van der Waals surface area contributed by atoms with Crippen LogP contribution in [0.2, 0.25) is 0 Å². The second kappa shape index (κ2) is 12.7. The summed E-state index contributed by atoms with van der Waals surface area (Å²) in [7, 11) is 0. The van der Waals surface area contributed by atoms with Gasteiger partial charge in [-0.15, -0.1) is 0 Å². The molecule has 10 nitrogen and oxygen atoms in total. The minimum Gasteiger partial charge on any atom is -0.508 e. The minimum absolute atomic E-state index is 0.0140. The van der Waals surface area contributed by atoms with Gasteiger partial charge in [-0.2, -0.15) is 0 Å². The summed E-state index contributed by atoms with van der Waals surface area (Å²) < 4.78 is 10.4. The molecule has 0 spiro atoms. The number of nitrogens with two attached hydrogens (primary N) is 2. The van der Waals surface area contributed by atoms with Crippen molar-refractivity contribution in [3.8, 4) is 5.75 Å². The highest BCUT2D eigenvalue weighted by molar-refractivity contribution is 5.77. The fourth-order valence-corrected chi connectivity index (χ4v) is 3.54. The van der Waals surface area contributed by atoms with E-state index in [4.69, 9.17) is 21.1 Å². The van der Waals surface area contributed by atoms with Crippen LogP contribution in [0.5, 0.6) is 5.75 Å². The molecule has 0 saturated heterocycles. The summed E-state index contributed by atoms with van der Waals surface area (Å²) in [4.78, 5) is 25.2. The number of ether oxygens (including phenoxy) is 2. The highest BCUT2D eigenvalue weighted by Crippen LogP contribution is 2.23. The second-order valence-corrected chi connectivity index (χ2v) is 9.61. The maximum absolute atomic E-state index is 12.7. The number of aliphatic hydroxyl groups is 2. The molecule has 0 saturated carbocycles. The number of hydrogen-bond acceptors (Lipinski definition) is 9. The van der Waals surface area contributed by atoms with E-state index in [0.29, 0.717) is 29.8 Å². The number of phenolic OH excluding ortho intramolecular Hbond substituents is 1. The third kappa shape index (κ3) is 8.49. The maximum atomic E-state index is 12.7. The number of rotatable bonds is 11. The Kier molecular flexibility index (Phi) is 10.2. The Bertz CT molecular complexity index is 993. The zero-order chi connectivity index (χ0) is 26.9. The predicted molar refractivity (Wildman–Crippen MR) is 133 cm³/mol. The normalized spacial score (nSPS) is 13.5. The van der Waals surface area contributed by atoms with Gasteiger partial charge in [0.15, 0.2) is 6.04 Å². The predicted octanol–water partition coefficient (Wildman–Crippen LogP) is 1.99. The van der Waals surface area contributed by atoms with Crippen LogP contribution >= 0.6 is 0 Å². The molecule has 2 aromatic rings. The lowest BCUT2D eigenvalue weighted by Crippen LogP contribution is -2.68. The topological polar surface area (TPSA) is 169 Å². The van der Waals surface area contributed by atoms with Crippen LogP contribution in [0.3, 0.4) is 0 Å². The van der Waals surface area contributed by atoms with Crippen LogP contribution in [0.25, 0.3) is 0 Å². The smallest absolute Gasteiger partial charge is 0.424 e. The van der Waals surface area contributed by atoms with E-state index in [9.17, 15) is 24.9 Å². The number of para-hydroxylation sites is 1. The van der Waals surface area contributed by atoms with Crippen molar-refractivity contribution in [2.75, 3.05) is 6.61 Å². The van der Waals surface area contributed by atoms with Gasteiger partial charge < -0.3 is 30.5 Å². The molecule has 0 aliphatic rings. The first-order chi connectivity index (χ1) is 16.8. The maximum Gasteiger partial charge on any atom is 0.424 e. The number of aromatic hydroxyl groups is 1. The molecule has 1 amide bonds. The van der Waals surface area contributed by atoms with E-state index < -0.39 is 35.5 Å². The van der Waals surface area contributed by atoms with Crippen molar-refractivity contribution in [3.63, 3.8) is 0 Å². The number of hydrazine groups is 1. The van der Waals surface area contributed by atoms with Crippen LogP contribution < -0.4 is 11.6 Å². The van der Waals surface area contributed by atoms with Crippen LogP contribution in [-0.4, -0.2) is 62.5 Å². The van der Waals surface area contributed by atoms with Gasteiger partial charge in [-0.3, -0.25) is 4.79 Å². The third-order valence-corrected chi connectivity index (χ3v) is 5.48. The second-order valence-electron chi connectivity index (χ2n) is 9.61. The largest absolute Gasteiger partial charge is 0.508 e. The van der Waals surface area contributed by atoms with Crippen molar-refractivity contribution >= 4 is 12.1 Å². The number of phenols is 1. The summed E-state index contributed by atoms with van der Waals surface area (Å²) in [6.07, 6.45) is 0.578. The van der Waals surface area contributed by atoms with Crippen molar-refractivity contribution in [3.05, 3.63) is 65.7 Å². The number of aryl methyl sites for hydroxylation is 1. The number of carbonyl (C=O) groups excluding carboxylic acids is 2. The summed E-state index contributed by atoms with van der Waals surface area (Å²) >= 11 is 0. The Labute approximate surface area is 211 Å². The molecule has 2 atom stereocenters. The van der Waals surface area contributed by atoms with Crippen molar-refractivity contribution in [1.82, 2.24) is 5.01 Å². The number of nitrogens with zero attached hydrogens (tertiary/aromatic N) is 1. The standard InChI is InChI=1S/C26H37N3O7/c1-25(2,3)36-23(31)22(27)26(33,34)21(17-18-11-5-4-6-12-18)29(28)24(32)35-16-10-9-14-19-13-7-8-15-20(19)30/h4-8,11-13,15,21-22,30,33-34H,9-10,14,16-17,27-28H2,1-3H3. The Balaban J connectivity index is 2.07. The van der Waals surface area contributed by atoms with Gasteiger partial charge in [0.2, 0.25) is 5.79 Å². The minimum atomic E-state index is -2.93. The first kappa shape index (κ1) is 29.1. The molecule has 0 fully saturated rings. The van der Waals surface area contributed by atoms with Crippen LogP contribution in [0.1, 0.15) is 44.7 Å². The lowest BCUT2D eigenvalue weighted by molar-refractivity contribution is -0.226. The van der Waals surface area contributed by atoms with Crippen molar-refractivity contribution < 1.29 is 34.4 Å². The highest BCUT2D eigenvalue weighted by Gasteiger charge is 2.49. The number of hydrogen-bond donors (Lipinski definition) is 5. The Morgan fingerprint density at radius 3 is 2.22 bits per heavy atom. The number of esters is 1. The van der Waals surface area contributed by atoms with Crippen LogP contribution in [0.15, 0.2) is 54.6 Å². The Hall–Kier alpha value is -3.18. The molecule has 36 heavy (non-hydrogen) atoms. The summed E-state index contributed by atoms with van der Waals surface area (Å²) in [5, 5.41) is 32.2. The number of benzene rings is 2. The number of carbonyl (C=O) groups is 2. The fourth-order valence-electron chi connectivity index (χ4n) is 3.54. The van der Waals surface area contributed by atoms with E-state index in [0.717, 1.165) is 5.56 Å². The van der Waals surface area contributed by atoms with Gasteiger partial charge in [0, 0.05) is 0 Å². The van der Waals surface area contributed by atoms with Gasteiger partial charge in [-0.05, 0) is 63.6 Å². The van der Waals surface area contributed by atoms with Gasteiger partial charge in [-0.1, -0.05) is 48.5 Å². The van der Waals surface area contributed by atoms with Crippen LogP contribution in [0.4, 0.5) is 4.79 Å². The summed E-state index contributed by atoms with van der Waals surface area (Å²) in [5.41, 5.74) is 6.36. The van der Waals surface area contributed by atoms with E-state index in [1.54, 1.807) is 63.2 Å². The van der Waals surface area contributed by atoms with Crippen LogP contribution in [0, 0.1) is 0 Å². The van der Waals surface area contributed by atoms with Crippen molar-refractivity contribution in [1.29, 1.82) is 0 Å². The molecule has 0 aliphatic heterocycles. The molecule has 0 aromatic heterocycles. The fraction of sp³-hybridized carbons (Fsp3) is 0.462. The van der Waals surface area contributed by atoms with Gasteiger partial charge in [0.05, 0.1) is 6.61 Å². The molecule has 7 N–H and O–H groups in total. The molecule has 198 valence electrons. The quantitative estimate of drug-likeness (QED) is 0.0769. The lowest BCUT2D eigenvalue weighted by Gasteiger charge is -2.39. The van der Waals surface area contributed by atoms with Gasteiger partial charge in [0.1, 0.15) is 17.4 Å². The Morgan fingerprint density at radius 1 is 1.00 bits per heavy atom. The van der Waals surface area contributed by atoms with E-state index in [-0.39, 0.29) is 18.8 Å². The van der Waals surface area contributed by atoms with E-state index in [1.165, 1.54) is 0 Å². The molecule has 2 aromatic carbocycles. The number of unbranched alkanes of at least 4 members (excludes halogenated alkanes) is 1. The molecule has 10 heteroatoms. The molecular formula is C26H37N3O7. The summed E-state index contributed by atoms with van der Waals surface area (Å²) in [6, 6.07) is 12.2. The van der Waals surface area contributed by atoms with Crippen molar-refractivity contribution in [2.45, 2.75) is 69.9 Å². The van der Waals surface area contributed by atoms with Crippen LogP contribution in [-0.2, 0) is 27.1 Å². The molecule has 0 radical (unpaired) electrons. The SMILES string of the molecule is CC(C)(C)OC(=O)C(N)C(O)(O)C(Cc1ccccc1)N(N)C(=O)OCCCCc1ccccc1O. The van der Waals surface area contributed by atoms with Gasteiger partial charge in [-0.25, -0.2) is 15.6 Å². The zero-order valence-corrected chi connectivity index (χ0v) is 21.0. The van der Waals surface area contributed by atoms with E-state index in [1.807, 2.05) is 12.1 Å². The van der Waals surface area contributed by atoms with Gasteiger partial charge in [0.25, 0.3) is 0 Å². The highest BCUT2D eigenvalue weighted by atomic mass is 16.6. The number of amides is 1. The van der Waals surface area contributed by atoms with Crippen molar-refractivity contribution in [2.24, 2.45) is 11.6 Å². The van der Waals surface area contributed by atoms with E-state index >= 15 is 0 Å². The average molecular weight is 504 g/mol. The summed E-state index contributed by atoms with van der Waals surface area (Å²) in [5.74, 6) is 2.20. The van der Waals surface area contributed by atoms with E-state index in [2.05, 4.69) is 0 Å². The first-order valence-electron chi connectivity index (χ1n) is 11.8. The monoisotopic (exact) mass is 503 g/mol. The molecule has 2 unspecified atom stereocenters. The zero-order valence-electron chi connectivity index (χ0n) is 21.0. The lowest BCUT2D eigenvalue weighted by atomic mass is 9.92. The first-order valence-corrected chi connectivity index (χ1v) is 11.8.